The van der Waals surface area contributed by atoms with Gasteiger partial charge in [0.05, 0.1) is 17.9 Å². The average molecular weight is 430 g/mol. The predicted octanol–water partition coefficient (Wildman–Crippen LogP) is 4.44. The van der Waals surface area contributed by atoms with Gasteiger partial charge in [-0.05, 0) is 74.8 Å². The van der Waals surface area contributed by atoms with E-state index < -0.39 is 0 Å². The molecule has 2 aliphatic heterocycles. The maximum absolute atomic E-state index is 13.6. The number of hydrogen-bond donors (Lipinski definition) is 0. The van der Waals surface area contributed by atoms with Crippen LogP contribution in [0.2, 0.25) is 0 Å². The molecule has 1 aromatic carbocycles. The summed E-state index contributed by atoms with van der Waals surface area (Å²) in [6.45, 7) is 2.40. The molecule has 7 rings (SSSR count). The number of Topliss-reactive ketones (excluding diaryl/α,β-unsaturated/α-hetero) is 1. The molecule has 6 aliphatic rings. The predicted molar refractivity (Wildman–Crippen MR) is 114 cm³/mol. The number of halogens is 1. The van der Waals surface area contributed by atoms with E-state index in [0.717, 1.165) is 62.5 Å². The van der Waals surface area contributed by atoms with Crippen LogP contribution in [0.3, 0.4) is 0 Å². The number of guanidine groups is 1. The summed E-state index contributed by atoms with van der Waals surface area (Å²) in [5.74, 6) is 3.95. The Morgan fingerprint density at radius 3 is 2.33 bits per heavy atom. The summed E-state index contributed by atoms with van der Waals surface area (Å²) < 4.78 is 0. The van der Waals surface area contributed by atoms with E-state index in [-0.39, 0.29) is 22.4 Å². The van der Waals surface area contributed by atoms with Gasteiger partial charge in [-0.1, -0.05) is 12.1 Å². The Morgan fingerprint density at radius 1 is 1.04 bits per heavy atom. The van der Waals surface area contributed by atoms with Crippen LogP contribution in [0, 0.1) is 23.2 Å². The molecule has 1 aromatic rings. The van der Waals surface area contributed by atoms with Crippen molar-refractivity contribution < 1.29 is 4.79 Å². The number of fused-ring (bicyclic) bond motifs is 3. The molecule has 0 unspecified atom stereocenters. The van der Waals surface area contributed by atoms with Gasteiger partial charge in [-0.25, -0.2) is 0 Å². The highest BCUT2D eigenvalue weighted by Crippen LogP contribution is 2.60. The standard InChI is InChI=1S/C22H27N3O.BrH/c26-20(22-11-15-8-16(12-22)10-17(9-15)13-22)14-25-19-5-2-1-4-18(19)24-7-3-6-23-21(24)25;/h1-2,4-5,15-17H,3,6-14H2;1H. The van der Waals surface area contributed by atoms with Gasteiger partial charge in [0.25, 0.3) is 0 Å². The molecular formula is C22H28BrN3O. The summed E-state index contributed by atoms with van der Waals surface area (Å²) in [5.41, 5.74) is 2.38. The molecule has 0 atom stereocenters. The topological polar surface area (TPSA) is 35.9 Å². The van der Waals surface area contributed by atoms with Gasteiger partial charge in [-0.15, -0.1) is 17.0 Å². The summed E-state index contributed by atoms with van der Waals surface area (Å²) in [4.78, 5) is 23.0. The Morgan fingerprint density at radius 2 is 1.67 bits per heavy atom. The van der Waals surface area contributed by atoms with Gasteiger partial charge < -0.3 is 9.80 Å². The molecule has 0 spiro atoms. The second-order valence-electron chi connectivity index (χ2n) is 9.38. The first-order valence-corrected chi connectivity index (χ1v) is 10.4. The third-order valence-electron chi connectivity index (χ3n) is 7.67. The van der Waals surface area contributed by atoms with Crippen LogP contribution in [0.15, 0.2) is 29.3 Å². The van der Waals surface area contributed by atoms with Crippen LogP contribution in [0.5, 0.6) is 0 Å². The Labute approximate surface area is 171 Å². The van der Waals surface area contributed by atoms with Crippen LogP contribution in [-0.4, -0.2) is 31.4 Å². The Bertz CT molecular complexity index is 769. The van der Waals surface area contributed by atoms with Crippen LogP contribution < -0.4 is 9.80 Å². The van der Waals surface area contributed by atoms with Crippen LogP contribution >= 0.6 is 17.0 Å². The summed E-state index contributed by atoms with van der Waals surface area (Å²) in [6.07, 6.45) is 8.73. The van der Waals surface area contributed by atoms with Crippen LogP contribution in [0.1, 0.15) is 44.9 Å². The fourth-order valence-corrected chi connectivity index (χ4v) is 7.00. The number of hydrogen-bond acceptors (Lipinski definition) is 4. The highest BCUT2D eigenvalue weighted by Gasteiger charge is 2.54. The number of aliphatic imine (C=N–C) groups is 1. The number of ketones is 1. The van der Waals surface area contributed by atoms with Crippen molar-refractivity contribution in [1.29, 1.82) is 0 Å². The molecule has 5 heteroatoms. The van der Waals surface area contributed by atoms with Gasteiger partial charge in [0, 0.05) is 18.5 Å². The fourth-order valence-electron chi connectivity index (χ4n) is 7.00. The second-order valence-corrected chi connectivity index (χ2v) is 9.38. The van der Waals surface area contributed by atoms with E-state index in [1.54, 1.807) is 0 Å². The number of carbonyl (C=O) groups excluding carboxylic acids is 1. The van der Waals surface area contributed by atoms with Crippen molar-refractivity contribution in [3.63, 3.8) is 0 Å². The van der Waals surface area contributed by atoms with E-state index in [2.05, 4.69) is 34.1 Å². The minimum absolute atomic E-state index is 0. The Balaban J connectivity index is 0.00000160. The molecule has 27 heavy (non-hydrogen) atoms. The molecule has 2 heterocycles. The maximum atomic E-state index is 13.6. The van der Waals surface area contributed by atoms with Crippen molar-refractivity contribution in [3.8, 4) is 0 Å². The molecule has 4 bridgehead atoms. The molecule has 4 saturated carbocycles. The number of para-hydroxylation sites is 2. The third kappa shape index (κ3) is 2.60. The molecule has 4 nitrogen and oxygen atoms in total. The zero-order valence-corrected chi connectivity index (χ0v) is 17.5. The number of rotatable bonds is 3. The minimum Gasteiger partial charge on any atom is -0.310 e. The highest BCUT2D eigenvalue weighted by molar-refractivity contribution is 8.93. The Hall–Kier alpha value is -1.36. The number of anilines is 2. The first-order valence-electron chi connectivity index (χ1n) is 10.4. The molecule has 0 amide bonds. The molecule has 0 aromatic heterocycles. The van der Waals surface area contributed by atoms with E-state index in [4.69, 9.17) is 4.99 Å². The van der Waals surface area contributed by atoms with Crippen molar-refractivity contribution in [2.75, 3.05) is 29.4 Å². The highest BCUT2D eigenvalue weighted by atomic mass is 79.9. The SMILES string of the molecule is Br.O=C(CN1C2=NCCCN2c2ccccc21)C12CC3CC(CC(C3)C1)C2. The van der Waals surface area contributed by atoms with Gasteiger partial charge >= 0.3 is 0 Å². The second kappa shape index (κ2) is 6.33. The van der Waals surface area contributed by atoms with Crippen LogP contribution in [-0.2, 0) is 4.79 Å². The summed E-state index contributed by atoms with van der Waals surface area (Å²) in [7, 11) is 0. The third-order valence-corrected chi connectivity index (χ3v) is 7.67. The van der Waals surface area contributed by atoms with E-state index >= 15 is 0 Å². The smallest absolute Gasteiger partial charge is 0.206 e. The van der Waals surface area contributed by atoms with Gasteiger partial charge in [-0.2, -0.15) is 0 Å². The van der Waals surface area contributed by atoms with Gasteiger partial charge in [0.2, 0.25) is 5.96 Å². The summed E-state index contributed by atoms with van der Waals surface area (Å²) in [5, 5.41) is 0. The van der Waals surface area contributed by atoms with Crippen LogP contribution in [0.25, 0.3) is 0 Å². The Kier molecular flexibility index (Phi) is 4.15. The first kappa shape index (κ1) is 17.7. The summed E-state index contributed by atoms with van der Waals surface area (Å²) in [6, 6.07) is 8.50. The molecule has 0 N–H and O–H groups in total. The van der Waals surface area contributed by atoms with Crippen molar-refractivity contribution in [3.05, 3.63) is 24.3 Å². The lowest BCUT2D eigenvalue weighted by Crippen LogP contribution is -2.53. The number of nitrogens with zero attached hydrogens (tertiary/aromatic N) is 3. The number of carbonyl (C=O) groups is 1. The lowest BCUT2D eigenvalue weighted by Gasteiger charge is -2.56. The minimum atomic E-state index is -0.0215. The maximum Gasteiger partial charge on any atom is 0.206 e. The number of benzene rings is 1. The van der Waals surface area contributed by atoms with Gasteiger partial charge in [0.15, 0.2) is 5.78 Å². The monoisotopic (exact) mass is 429 g/mol. The van der Waals surface area contributed by atoms with Crippen LogP contribution in [0.4, 0.5) is 11.4 Å². The zero-order valence-electron chi connectivity index (χ0n) is 15.8. The molecule has 0 radical (unpaired) electrons. The molecule has 4 aliphatic carbocycles. The van der Waals surface area contributed by atoms with E-state index in [1.165, 1.54) is 30.6 Å². The van der Waals surface area contributed by atoms with Crippen molar-refractivity contribution >= 4 is 40.1 Å². The largest absolute Gasteiger partial charge is 0.310 e. The molecule has 0 saturated heterocycles. The normalized spacial score (nSPS) is 35.4. The lowest BCUT2D eigenvalue weighted by atomic mass is 9.48. The van der Waals surface area contributed by atoms with Gasteiger partial charge in [-0.3, -0.25) is 9.79 Å². The lowest BCUT2D eigenvalue weighted by molar-refractivity contribution is -0.142. The van der Waals surface area contributed by atoms with Crippen molar-refractivity contribution in [1.82, 2.24) is 0 Å². The fraction of sp³-hybridized carbons (Fsp3) is 0.636. The van der Waals surface area contributed by atoms with E-state index in [1.807, 2.05) is 0 Å². The van der Waals surface area contributed by atoms with E-state index in [0.29, 0.717) is 12.3 Å². The first-order chi connectivity index (χ1) is 12.7. The summed E-state index contributed by atoms with van der Waals surface area (Å²) >= 11 is 0. The average Bonchev–Trinajstić information content (AvgIpc) is 2.95. The molecule has 144 valence electrons. The van der Waals surface area contributed by atoms with Gasteiger partial charge in [0.1, 0.15) is 0 Å². The van der Waals surface area contributed by atoms with Crippen molar-refractivity contribution in [2.45, 2.75) is 44.9 Å². The van der Waals surface area contributed by atoms with E-state index in [9.17, 15) is 4.79 Å². The van der Waals surface area contributed by atoms with Crippen molar-refractivity contribution in [2.24, 2.45) is 28.2 Å². The quantitative estimate of drug-likeness (QED) is 0.712. The molecule has 4 fully saturated rings. The molecular weight excluding hydrogens is 402 g/mol. The zero-order chi connectivity index (χ0) is 17.3.